The van der Waals surface area contributed by atoms with E-state index in [1.54, 1.807) is 6.20 Å². The first-order valence-electron chi connectivity index (χ1n) is 8.14. The number of aryl methyl sites for hydroxylation is 2. The molecule has 1 aliphatic rings. The largest absolute Gasteiger partial charge is 0.326 e. The summed E-state index contributed by atoms with van der Waals surface area (Å²) in [6.07, 6.45) is 3.85. The zero-order chi connectivity index (χ0) is 17.1. The van der Waals surface area contributed by atoms with Crippen LogP contribution in [0, 0.1) is 13.8 Å². The third kappa shape index (κ3) is 2.12. The van der Waals surface area contributed by atoms with E-state index in [0.717, 1.165) is 35.1 Å². The van der Waals surface area contributed by atoms with Crippen molar-refractivity contribution < 1.29 is 0 Å². The third-order valence-electron chi connectivity index (χ3n) is 4.65. The topological polar surface area (TPSA) is 60.9 Å². The normalized spacial score (nSPS) is 13.9. The summed E-state index contributed by atoms with van der Waals surface area (Å²) in [6.45, 7) is 4.75. The van der Waals surface area contributed by atoms with Gasteiger partial charge in [-0.05, 0) is 19.4 Å². The van der Waals surface area contributed by atoms with Crippen molar-refractivity contribution in [3.63, 3.8) is 0 Å². The highest BCUT2D eigenvalue weighted by Crippen LogP contribution is 2.34. The highest BCUT2D eigenvalue weighted by atomic mass is 32.1. The highest BCUT2D eigenvalue weighted by molar-refractivity contribution is 7.80. The maximum absolute atomic E-state index is 4.81. The van der Waals surface area contributed by atoms with Crippen molar-refractivity contribution in [3.05, 3.63) is 65.1 Å². The number of fused-ring (bicyclic) bond motifs is 4. The van der Waals surface area contributed by atoms with Crippen LogP contribution in [0.1, 0.15) is 33.7 Å². The molecule has 124 valence electrons. The molecule has 0 saturated heterocycles. The Hall–Kier alpha value is -2.67. The van der Waals surface area contributed by atoms with Crippen LogP contribution in [0.25, 0.3) is 17.0 Å². The summed E-state index contributed by atoms with van der Waals surface area (Å²) < 4.78 is 3.98. The fourth-order valence-electron chi connectivity index (χ4n) is 3.32. The van der Waals surface area contributed by atoms with E-state index in [2.05, 4.69) is 44.0 Å². The third-order valence-corrected chi connectivity index (χ3v) is 5.14. The van der Waals surface area contributed by atoms with E-state index in [0.29, 0.717) is 5.82 Å². The average molecular weight is 348 g/mol. The van der Waals surface area contributed by atoms with Gasteiger partial charge >= 0.3 is 0 Å². The van der Waals surface area contributed by atoms with Crippen molar-refractivity contribution in [3.8, 4) is 11.4 Å². The summed E-state index contributed by atoms with van der Waals surface area (Å²) in [5.41, 5.74) is 5.93. The molecule has 4 heterocycles. The minimum Gasteiger partial charge on any atom is -0.326 e. The molecule has 5 rings (SSSR count). The number of hydrogen-bond acceptors (Lipinski definition) is 5. The molecule has 1 aromatic carbocycles. The maximum atomic E-state index is 4.81. The summed E-state index contributed by atoms with van der Waals surface area (Å²) in [5, 5.41) is 4.34. The number of benzene rings is 1. The fraction of sp³-hybridized carbons (Fsp3) is 0.222. The van der Waals surface area contributed by atoms with E-state index < -0.39 is 0 Å². The van der Waals surface area contributed by atoms with Gasteiger partial charge < -0.3 is 4.57 Å². The van der Waals surface area contributed by atoms with Gasteiger partial charge in [-0.2, -0.15) is 12.6 Å². The van der Waals surface area contributed by atoms with Crippen molar-refractivity contribution in [1.82, 2.24) is 29.1 Å². The average Bonchev–Trinajstić information content (AvgIpc) is 3.30. The van der Waals surface area contributed by atoms with Crippen molar-refractivity contribution >= 4 is 18.3 Å². The van der Waals surface area contributed by atoms with Crippen LogP contribution < -0.4 is 0 Å². The molecule has 0 aliphatic carbocycles. The van der Waals surface area contributed by atoms with Crippen LogP contribution in [0.15, 0.2) is 36.7 Å². The van der Waals surface area contributed by atoms with Gasteiger partial charge in [0.05, 0.1) is 17.1 Å². The van der Waals surface area contributed by atoms with Gasteiger partial charge in [-0.3, -0.25) is 4.98 Å². The van der Waals surface area contributed by atoms with E-state index >= 15 is 0 Å². The summed E-state index contributed by atoms with van der Waals surface area (Å²) in [6, 6.07) is 8.36. The van der Waals surface area contributed by atoms with Crippen molar-refractivity contribution in [2.24, 2.45) is 0 Å². The van der Waals surface area contributed by atoms with Gasteiger partial charge in [-0.25, -0.2) is 14.5 Å². The number of hydrogen-bond donors (Lipinski definition) is 1. The van der Waals surface area contributed by atoms with Crippen LogP contribution in [0.2, 0.25) is 0 Å². The van der Waals surface area contributed by atoms with Crippen molar-refractivity contribution in [2.45, 2.75) is 25.6 Å². The second-order valence-electron chi connectivity index (χ2n) is 6.37. The van der Waals surface area contributed by atoms with Crippen LogP contribution in [0.3, 0.4) is 0 Å². The Morgan fingerprint density at radius 3 is 2.84 bits per heavy atom. The number of aromatic nitrogens is 6. The zero-order valence-corrected chi connectivity index (χ0v) is 14.8. The van der Waals surface area contributed by atoms with E-state index in [1.807, 2.05) is 24.4 Å². The molecule has 1 atom stereocenters. The van der Waals surface area contributed by atoms with Gasteiger partial charge in [0.1, 0.15) is 11.1 Å². The van der Waals surface area contributed by atoms with E-state index in [9.17, 15) is 0 Å². The SMILES string of the molecule is Cc1ncc(C)n2nc(C(S)c3cn4c(n3)-c3ccccc3C4)nc12. The zero-order valence-electron chi connectivity index (χ0n) is 13.9. The van der Waals surface area contributed by atoms with Gasteiger partial charge in [0.15, 0.2) is 11.5 Å². The Morgan fingerprint density at radius 2 is 2.00 bits per heavy atom. The smallest absolute Gasteiger partial charge is 0.177 e. The van der Waals surface area contributed by atoms with Gasteiger partial charge in [0.2, 0.25) is 0 Å². The standard InChI is InChI=1S/C18H16N6S/c1-10-7-19-11(2)17-21-16(22-24(10)17)15(25)14-9-23-8-12-5-3-4-6-13(12)18(23)20-14/h3-7,9,15,25H,8H2,1-2H3. The summed E-state index contributed by atoms with van der Waals surface area (Å²) in [7, 11) is 0. The summed E-state index contributed by atoms with van der Waals surface area (Å²) >= 11 is 4.75. The molecule has 4 aromatic rings. The number of nitrogens with zero attached hydrogens (tertiary/aromatic N) is 6. The van der Waals surface area contributed by atoms with E-state index in [4.69, 9.17) is 17.6 Å². The molecule has 0 bridgehead atoms. The van der Waals surface area contributed by atoms with Gasteiger partial charge in [-0.1, -0.05) is 24.3 Å². The Labute approximate surface area is 150 Å². The van der Waals surface area contributed by atoms with Crippen LogP contribution in [0.5, 0.6) is 0 Å². The fourth-order valence-corrected chi connectivity index (χ4v) is 3.56. The molecule has 0 radical (unpaired) electrons. The quantitative estimate of drug-likeness (QED) is 0.498. The Bertz CT molecular complexity index is 1090. The number of imidazole rings is 1. The van der Waals surface area contributed by atoms with Crippen LogP contribution in [-0.2, 0) is 6.54 Å². The molecule has 3 aromatic heterocycles. The second-order valence-corrected chi connectivity index (χ2v) is 6.88. The predicted molar refractivity (Wildman–Crippen MR) is 97.9 cm³/mol. The first-order valence-corrected chi connectivity index (χ1v) is 8.66. The molecule has 0 N–H and O–H groups in total. The molecule has 1 unspecified atom stereocenters. The predicted octanol–water partition coefficient (Wildman–Crippen LogP) is 2.99. The minimum atomic E-state index is -0.274. The maximum Gasteiger partial charge on any atom is 0.177 e. The molecule has 0 amide bonds. The van der Waals surface area contributed by atoms with Crippen LogP contribution in [-0.4, -0.2) is 29.1 Å². The second kappa shape index (κ2) is 5.16. The highest BCUT2D eigenvalue weighted by Gasteiger charge is 2.25. The summed E-state index contributed by atoms with van der Waals surface area (Å²) in [4.78, 5) is 13.8. The molecular weight excluding hydrogens is 332 g/mol. The van der Waals surface area contributed by atoms with E-state index in [1.165, 1.54) is 11.1 Å². The molecule has 7 heteroatoms. The summed E-state index contributed by atoms with van der Waals surface area (Å²) in [5.74, 6) is 1.63. The lowest BCUT2D eigenvalue weighted by molar-refractivity contribution is 0.834. The molecule has 6 nitrogen and oxygen atoms in total. The number of thiol groups is 1. The lowest BCUT2D eigenvalue weighted by Crippen LogP contribution is -1.99. The lowest BCUT2D eigenvalue weighted by atomic mass is 10.1. The molecule has 25 heavy (non-hydrogen) atoms. The van der Waals surface area contributed by atoms with Crippen LogP contribution >= 0.6 is 12.6 Å². The van der Waals surface area contributed by atoms with Crippen molar-refractivity contribution in [2.75, 3.05) is 0 Å². The van der Waals surface area contributed by atoms with Gasteiger partial charge in [-0.15, -0.1) is 5.10 Å². The van der Waals surface area contributed by atoms with Gasteiger partial charge in [0.25, 0.3) is 0 Å². The molecule has 1 aliphatic heterocycles. The monoisotopic (exact) mass is 348 g/mol. The van der Waals surface area contributed by atoms with Crippen LogP contribution in [0.4, 0.5) is 0 Å². The molecule has 0 fully saturated rings. The molecular formula is C18H16N6S. The Morgan fingerprint density at radius 1 is 1.16 bits per heavy atom. The Balaban J connectivity index is 1.58. The molecule has 0 saturated carbocycles. The lowest BCUT2D eigenvalue weighted by Gasteiger charge is -2.03. The van der Waals surface area contributed by atoms with E-state index in [-0.39, 0.29) is 5.25 Å². The first-order chi connectivity index (χ1) is 12.1. The first kappa shape index (κ1) is 14.7. The molecule has 0 spiro atoms. The van der Waals surface area contributed by atoms with Gasteiger partial charge in [0, 0.05) is 24.5 Å². The minimum absolute atomic E-state index is 0.274. The number of rotatable bonds is 2. The Kier molecular flexibility index (Phi) is 3.03. The van der Waals surface area contributed by atoms with Crippen molar-refractivity contribution in [1.29, 1.82) is 0 Å².